The van der Waals surface area contributed by atoms with E-state index < -0.39 is 0 Å². The van der Waals surface area contributed by atoms with Crippen LogP contribution in [0.5, 0.6) is 5.75 Å². The van der Waals surface area contributed by atoms with Crippen LogP contribution < -0.4 is 21.1 Å². The van der Waals surface area contributed by atoms with E-state index in [0.29, 0.717) is 66.9 Å². The SMILES string of the molecule is NCc1ccc(C(=O)NCCCNC(=O)CCCOc2ccc(Cl)cc2Cl)cc1. The van der Waals surface area contributed by atoms with Crippen LogP contribution >= 0.6 is 23.2 Å². The normalized spacial score (nSPS) is 10.4. The summed E-state index contributed by atoms with van der Waals surface area (Å²) in [5.74, 6) is 0.349. The summed E-state index contributed by atoms with van der Waals surface area (Å²) < 4.78 is 5.54. The zero-order valence-corrected chi connectivity index (χ0v) is 17.6. The Morgan fingerprint density at radius 3 is 2.38 bits per heavy atom. The van der Waals surface area contributed by atoms with Gasteiger partial charge in [-0.1, -0.05) is 35.3 Å². The molecule has 0 saturated heterocycles. The summed E-state index contributed by atoms with van der Waals surface area (Å²) in [5, 5.41) is 6.64. The van der Waals surface area contributed by atoms with Crippen molar-refractivity contribution in [2.75, 3.05) is 19.7 Å². The number of carbonyl (C=O) groups excluding carboxylic acids is 2. The third-order valence-electron chi connectivity index (χ3n) is 4.11. The average Bonchev–Trinajstić information content (AvgIpc) is 2.72. The molecule has 0 fully saturated rings. The first kappa shape index (κ1) is 23.0. The van der Waals surface area contributed by atoms with Gasteiger partial charge in [-0.25, -0.2) is 0 Å². The van der Waals surface area contributed by atoms with E-state index >= 15 is 0 Å². The summed E-state index contributed by atoms with van der Waals surface area (Å²) in [4.78, 5) is 23.9. The van der Waals surface area contributed by atoms with E-state index in [2.05, 4.69) is 10.6 Å². The van der Waals surface area contributed by atoms with Gasteiger partial charge in [0.25, 0.3) is 5.91 Å². The molecule has 0 atom stereocenters. The van der Waals surface area contributed by atoms with E-state index in [9.17, 15) is 9.59 Å². The molecule has 0 aliphatic heterocycles. The highest BCUT2D eigenvalue weighted by Gasteiger charge is 2.06. The molecule has 0 spiro atoms. The Labute approximate surface area is 180 Å². The Hall–Kier alpha value is -2.28. The summed E-state index contributed by atoms with van der Waals surface area (Å²) in [6, 6.07) is 12.2. The average molecular weight is 438 g/mol. The van der Waals surface area contributed by atoms with Crippen LogP contribution in [0.25, 0.3) is 0 Å². The number of rotatable bonds is 11. The summed E-state index contributed by atoms with van der Waals surface area (Å²) in [6.45, 7) is 1.81. The quantitative estimate of drug-likeness (QED) is 0.468. The number of carbonyl (C=O) groups is 2. The molecule has 0 radical (unpaired) electrons. The van der Waals surface area contributed by atoms with Gasteiger partial charge in [0.2, 0.25) is 5.91 Å². The van der Waals surface area contributed by atoms with Gasteiger partial charge in [-0.3, -0.25) is 9.59 Å². The summed E-state index contributed by atoms with van der Waals surface area (Å²) in [7, 11) is 0. The van der Waals surface area contributed by atoms with Gasteiger partial charge in [0.15, 0.2) is 0 Å². The lowest BCUT2D eigenvalue weighted by molar-refractivity contribution is -0.121. The van der Waals surface area contributed by atoms with Gasteiger partial charge < -0.3 is 21.1 Å². The zero-order chi connectivity index (χ0) is 21.1. The fourth-order valence-electron chi connectivity index (χ4n) is 2.51. The third-order valence-corrected chi connectivity index (χ3v) is 4.64. The van der Waals surface area contributed by atoms with E-state index in [1.54, 1.807) is 30.3 Å². The molecule has 0 bridgehead atoms. The van der Waals surface area contributed by atoms with E-state index in [4.69, 9.17) is 33.7 Å². The molecular weight excluding hydrogens is 413 g/mol. The molecule has 0 heterocycles. The Balaban J connectivity index is 1.53. The van der Waals surface area contributed by atoms with Gasteiger partial charge in [-0.05, 0) is 48.7 Å². The highest BCUT2D eigenvalue weighted by atomic mass is 35.5. The lowest BCUT2D eigenvalue weighted by Gasteiger charge is -2.09. The van der Waals surface area contributed by atoms with Crippen molar-refractivity contribution in [3.8, 4) is 5.75 Å². The minimum atomic E-state index is -0.141. The van der Waals surface area contributed by atoms with E-state index in [1.807, 2.05) is 12.1 Å². The first-order valence-electron chi connectivity index (χ1n) is 9.41. The van der Waals surface area contributed by atoms with Gasteiger partial charge in [0, 0.05) is 36.6 Å². The number of hydrogen-bond donors (Lipinski definition) is 3. The molecule has 8 heteroatoms. The standard InChI is InChI=1S/C21H25Cl2N3O3/c22-17-8-9-19(18(23)13-17)29-12-1-3-20(27)25-10-2-11-26-21(28)16-6-4-15(14-24)5-7-16/h4-9,13H,1-3,10-12,14,24H2,(H,25,27)(H,26,28). The highest BCUT2D eigenvalue weighted by Crippen LogP contribution is 2.27. The molecule has 29 heavy (non-hydrogen) atoms. The van der Waals surface area contributed by atoms with E-state index in [1.165, 1.54) is 0 Å². The number of benzene rings is 2. The van der Waals surface area contributed by atoms with Crippen molar-refractivity contribution in [3.63, 3.8) is 0 Å². The minimum Gasteiger partial charge on any atom is -0.492 e. The predicted octanol–water partition coefficient (Wildman–Crippen LogP) is 3.55. The minimum absolute atomic E-state index is 0.0560. The van der Waals surface area contributed by atoms with Crippen molar-refractivity contribution in [1.29, 1.82) is 0 Å². The molecule has 2 aromatic rings. The predicted molar refractivity (Wildman–Crippen MR) is 115 cm³/mol. The van der Waals surface area contributed by atoms with Gasteiger partial charge in [0.05, 0.1) is 11.6 Å². The van der Waals surface area contributed by atoms with E-state index in [0.717, 1.165) is 5.56 Å². The molecule has 2 amide bonds. The number of nitrogens with one attached hydrogen (secondary N) is 2. The Bertz CT molecular complexity index is 813. The topological polar surface area (TPSA) is 93.5 Å². The fourth-order valence-corrected chi connectivity index (χ4v) is 2.97. The lowest BCUT2D eigenvalue weighted by Crippen LogP contribution is -2.30. The fraction of sp³-hybridized carbons (Fsp3) is 0.333. The lowest BCUT2D eigenvalue weighted by atomic mass is 10.1. The second-order valence-corrected chi connectivity index (χ2v) is 7.23. The van der Waals surface area contributed by atoms with Crippen LogP contribution in [-0.2, 0) is 11.3 Å². The van der Waals surface area contributed by atoms with Crippen LogP contribution in [0, 0.1) is 0 Å². The van der Waals surface area contributed by atoms with Crippen LogP contribution in [0.4, 0.5) is 0 Å². The molecule has 156 valence electrons. The maximum atomic E-state index is 12.0. The van der Waals surface area contributed by atoms with Crippen LogP contribution in [0.15, 0.2) is 42.5 Å². The van der Waals surface area contributed by atoms with Gasteiger partial charge in [-0.2, -0.15) is 0 Å². The molecule has 2 rings (SSSR count). The van der Waals surface area contributed by atoms with Crippen molar-refractivity contribution in [2.45, 2.75) is 25.8 Å². The molecule has 6 nitrogen and oxygen atoms in total. The van der Waals surface area contributed by atoms with Gasteiger partial charge in [0.1, 0.15) is 5.75 Å². The number of nitrogens with two attached hydrogens (primary N) is 1. The first-order valence-corrected chi connectivity index (χ1v) is 10.2. The van der Waals surface area contributed by atoms with Crippen molar-refractivity contribution in [3.05, 3.63) is 63.6 Å². The van der Waals surface area contributed by atoms with Gasteiger partial charge in [-0.15, -0.1) is 0 Å². The molecule has 0 aliphatic carbocycles. The number of hydrogen-bond acceptors (Lipinski definition) is 4. The number of ether oxygens (including phenoxy) is 1. The van der Waals surface area contributed by atoms with Crippen molar-refractivity contribution in [1.82, 2.24) is 10.6 Å². The highest BCUT2D eigenvalue weighted by molar-refractivity contribution is 6.35. The maximum Gasteiger partial charge on any atom is 0.251 e. The summed E-state index contributed by atoms with van der Waals surface area (Å²) >= 11 is 11.9. The Kier molecular flexibility index (Phi) is 9.77. The molecule has 2 aromatic carbocycles. The number of halogens is 2. The molecule has 4 N–H and O–H groups in total. The molecule has 0 unspecified atom stereocenters. The summed E-state index contributed by atoms with van der Waals surface area (Å²) in [5.41, 5.74) is 7.11. The van der Waals surface area contributed by atoms with E-state index in [-0.39, 0.29) is 11.8 Å². The van der Waals surface area contributed by atoms with Crippen molar-refractivity contribution in [2.24, 2.45) is 5.73 Å². The largest absolute Gasteiger partial charge is 0.492 e. The molecular formula is C21H25Cl2N3O3. The van der Waals surface area contributed by atoms with Crippen molar-refractivity contribution >= 4 is 35.0 Å². The second-order valence-electron chi connectivity index (χ2n) is 6.39. The maximum absolute atomic E-state index is 12.0. The smallest absolute Gasteiger partial charge is 0.251 e. The van der Waals surface area contributed by atoms with Crippen LogP contribution in [0.2, 0.25) is 10.0 Å². The second kappa shape index (κ2) is 12.3. The Morgan fingerprint density at radius 2 is 1.69 bits per heavy atom. The summed E-state index contributed by atoms with van der Waals surface area (Å²) in [6.07, 6.45) is 1.57. The third kappa shape index (κ3) is 8.31. The zero-order valence-electron chi connectivity index (χ0n) is 16.0. The van der Waals surface area contributed by atoms with Crippen LogP contribution in [0.1, 0.15) is 35.2 Å². The molecule has 0 saturated carbocycles. The Morgan fingerprint density at radius 1 is 0.966 bits per heavy atom. The van der Waals surface area contributed by atoms with Crippen LogP contribution in [-0.4, -0.2) is 31.5 Å². The monoisotopic (exact) mass is 437 g/mol. The first-order chi connectivity index (χ1) is 14.0. The van der Waals surface area contributed by atoms with Crippen molar-refractivity contribution < 1.29 is 14.3 Å². The molecule has 0 aliphatic rings. The molecule has 0 aromatic heterocycles. The van der Waals surface area contributed by atoms with Crippen LogP contribution in [0.3, 0.4) is 0 Å². The number of amides is 2. The van der Waals surface area contributed by atoms with Gasteiger partial charge >= 0.3 is 0 Å².